The zero-order valence-corrected chi connectivity index (χ0v) is 30.3. The molecular weight excluding hydrogens is 663 g/mol. The van der Waals surface area contributed by atoms with Gasteiger partial charge in [0, 0.05) is 0 Å². The minimum Gasteiger partial charge on any atom is -0.110 e. The maximum absolute atomic E-state index is 7.11. The van der Waals surface area contributed by atoms with Gasteiger partial charge in [-0.1, -0.05) is 143 Å². The quantitative estimate of drug-likeness (QED) is 0.150. The average molecular weight is 685 g/mol. The van der Waals surface area contributed by atoms with Gasteiger partial charge in [-0.15, -0.1) is 21.9 Å². The molecule has 0 spiro atoms. The molecule has 0 bridgehead atoms. The molecule has 0 amide bonds. The van der Waals surface area contributed by atoms with Crippen molar-refractivity contribution in [1.29, 1.82) is 0 Å². The van der Waals surface area contributed by atoms with Crippen LogP contribution in [0.25, 0.3) is 98.0 Å². The molecule has 0 heterocycles. The average Bonchev–Trinajstić information content (AvgIpc) is 3.24. The van der Waals surface area contributed by atoms with Crippen molar-refractivity contribution in [2.24, 2.45) is 0 Å². The van der Waals surface area contributed by atoms with E-state index in [1.165, 1.54) is 5.39 Å². The lowest BCUT2D eigenvalue weighted by Gasteiger charge is -2.29. The first-order valence-electron chi connectivity index (χ1n) is 18.3. The van der Waals surface area contributed by atoms with Gasteiger partial charge in [-0.3, -0.25) is 0 Å². The minimum atomic E-state index is 0.180. The van der Waals surface area contributed by atoms with Gasteiger partial charge in [0.05, 0.1) is 0 Å². The third kappa shape index (κ3) is 4.98. The van der Waals surface area contributed by atoms with E-state index in [1.54, 1.807) is 0 Å². The lowest BCUT2D eigenvalue weighted by atomic mass is 9.59. The van der Waals surface area contributed by atoms with Crippen molar-refractivity contribution in [1.82, 2.24) is 0 Å². The van der Waals surface area contributed by atoms with E-state index in [9.17, 15) is 0 Å². The Hall–Kier alpha value is -5.72. The highest BCUT2D eigenvalue weighted by Gasteiger charge is 2.26. The van der Waals surface area contributed by atoms with Gasteiger partial charge >= 0.3 is 0 Å². The van der Waals surface area contributed by atoms with Crippen molar-refractivity contribution in [2.45, 2.75) is 0 Å². The summed E-state index contributed by atoms with van der Waals surface area (Å²) in [5, 5.41) is 11.2. The van der Waals surface area contributed by atoms with E-state index in [0.717, 1.165) is 60.0 Å². The molecular formula is C48H22B8. The normalized spacial score (nSPS) is 11.8. The minimum absolute atomic E-state index is 0.180. The summed E-state index contributed by atoms with van der Waals surface area (Å²) in [5.41, 5.74) is 6.93. The fourth-order valence-electron chi connectivity index (χ4n) is 8.79. The molecule has 0 aliphatic heterocycles. The number of rotatable bonds is 3. The molecule has 0 aliphatic carbocycles. The molecule has 0 nitrogen and oxygen atoms in total. The molecule has 0 saturated carbocycles. The summed E-state index contributed by atoms with van der Waals surface area (Å²) in [6, 6.07) is 46.1. The van der Waals surface area contributed by atoms with Gasteiger partial charge in [0.15, 0.2) is 0 Å². The van der Waals surface area contributed by atoms with E-state index in [4.69, 9.17) is 62.8 Å². The van der Waals surface area contributed by atoms with Gasteiger partial charge in [0.2, 0.25) is 0 Å². The summed E-state index contributed by atoms with van der Waals surface area (Å²) < 4.78 is 0. The van der Waals surface area contributed by atoms with Gasteiger partial charge in [-0.25, -0.2) is 0 Å². The van der Waals surface area contributed by atoms with Gasteiger partial charge in [0.1, 0.15) is 62.8 Å². The first-order valence-corrected chi connectivity index (χ1v) is 18.3. The van der Waals surface area contributed by atoms with Gasteiger partial charge in [0.25, 0.3) is 0 Å². The largest absolute Gasteiger partial charge is 0.113 e. The molecule has 16 radical (unpaired) electrons. The smallest absolute Gasteiger partial charge is 0.110 e. The third-order valence-electron chi connectivity index (χ3n) is 11.6. The van der Waals surface area contributed by atoms with Crippen molar-refractivity contribution in [3.8, 4) is 33.4 Å². The molecule has 10 aromatic carbocycles. The molecule has 0 atom stereocenters. The maximum Gasteiger partial charge on any atom is 0.113 e. The Morgan fingerprint density at radius 1 is 0.250 bits per heavy atom. The van der Waals surface area contributed by atoms with Crippen molar-refractivity contribution in [3.63, 3.8) is 0 Å². The Kier molecular flexibility index (Phi) is 8.02. The molecule has 0 saturated heterocycles. The molecule has 0 aliphatic rings. The number of hydrogen-bond acceptors (Lipinski definition) is 0. The molecule has 0 aromatic heterocycles. The molecule has 10 aromatic rings. The SMILES string of the molecule is [B]c1c([B])c([B])c2c(-c3cc4ccc5ccccc5c4c4ccccc34)c3c([B])c([B])c([B])c([B])c3c(-c3ccc(-c4ccc5ccccc5c4)cc3)c2c1[B]. The molecule has 0 fully saturated rings. The summed E-state index contributed by atoms with van der Waals surface area (Å²) in [6.07, 6.45) is 0. The highest BCUT2D eigenvalue weighted by atomic mass is 14.3. The monoisotopic (exact) mass is 686 g/mol. The zero-order valence-electron chi connectivity index (χ0n) is 30.3. The summed E-state index contributed by atoms with van der Waals surface area (Å²) in [6.45, 7) is 0. The van der Waals surface area contributed by atoms with Crippen molar-refractivity contribution >= 4 is 171 Å². The predicted molar refractivity (Wildman–Crippen MR) is 251 cm³/mol. The first-order chi connectivity index (χ1) is 27.1. The van der Waals surface area contributed by atoms with E-state index < -0.39 is 0 Å². The second-order valence-corrected chi connectivity index (χ2v) is 14.6. The number of hydrogen-bond donors (Lipinski definition) is 0. The second kappa shape index (κ2) is 12.9. The van der Waals surface area contributed by atoms with Gasteiger partial charge in [-0.2, -0.15) is 0 Å². The van der Waals surface area contributed by atoms with Crippen LogP contribution in [0.3, 0.4) is 0 Å². The van der Waals surface area contributed by atoms with E-state index in [-0.39, 0.29) is 43.7 Å². The Morgan fingerprint density at radius 3 is 1.29 bits per heavy atom. The lowest BCUT2D eigenvalue weighted by molar-refractivity contribution is 1.64. The van der Waals surface area contributed by atoms with Crippen LogP contribution >= 0.6 is 0 Å². The number of fused-ring (bicyclic) bond motifs is 8. The van der Waals surface area contributed by atoms with E-state index >= 15 is 0 Å². The molecule has 238 valence electrons. The van der Waals surface area contributed by atoms with E-state index in [2.05, 4.69) is 91.0 Å². The Labute approximate surface area is 336 Å². The Morgan fingerprint density at radius 2 is 0.679 bits per heavy atom. The summed E-state index contributed by atoms with van der Waals surface area (Å²) in [4.78, 5) is 0. The summed E-state index contributed by atoms with van der Waals surface area (Å²) in [7, 11) is 55.1. The fourth-order valence-corrected chi connectivity index (χ4v) is 8.79. The highest BCUT2D eigenvalue weighted by Crippen LogP contribution is 2.45. The van der Waals surface area contributed by atoms with Crippen molar-refractivity contribution < 1.29 is 0 Å². The van der Waals surface area contributed by atoms with E-state index in [1.807, 2.05) is 42.5 Å². The lowest BCUT2D eigenvalue weighted by Crippen LogP contribution is -2.50. The van der Waals surface area contributed by atoms with Crippen LogP contribution in [0.15, 0.2) is 133 Å². The van der Waals surface area contributed by atoms with E-state index in [0.29, 0.717) is 32.7 Å². The number of benzene rings is 10. The second-order valence-electron chi connectivity index (χ2n) is 14.6. The first kappa shape index (κ1) is 34.7. The predicted octanol–water partition coefficient (Wildman–Crippen LogP) is 3.96. The van der Waals surface area contributed by atoms with Crippen LogP contribution in [0.4, 0.5) is 0 Å². The Balaban J connectivity index is 1.37. The van der Waals surface area contributed by atoms with Crippen molar-refractivity contribution in [3.05, 3.63) is 133 Å². The molecule has 0 N–H and O–H groups in total. The highest BCUT2D eigenvalue weighted by molar-refractivity contribution is 6.71. The van der Waals surface area contributed by atoms with Gasteiger partial charge in [-0.05, 0) is 110 Å². The summed E-state index contributed by atoms with van der Waals surface area (Å²) in [5.74, 6) is 0. The molecule has 0 unspecified atom stereocenters. The standard InChI is InChI=1S/C48H22B8/c49-41-37-35(26-17-13-24(14-18-26)28-19-15-23-7-1-2-9-27(23)21-28)38-40(44(52)48(56)46(54)42(38)50)36(39(37)43(51)47(55)45(41)53)33-22-29-20-16-25-8-3-4-10-30(25)34(29)32-12-6-5-11-31(32)33/h1-22H. The van der Waals surface area contributed by atoms with Gasteiger partial charge < -0.3 is 0 Å². The van der Waals surface area contributed by atoms with Crippen molar-refractivity contribution in [2.75, 3.05) is 0 Å². The Bertz CT molecular complexity index is 3250. The summed E-state index contributed by atoms with van der Waals surface area (Å²) >= 11 is 0. The maximum atomic E-state index is 7.11. The van der Waals surface area contributed by atoms with Crippen LogP contribution in [0, 0.1) is 0 Å². The van der Waals surface area contributed by atoms with Crippen LogP contribution in [0.2, 0.25) is 0 Å². The van der Waals surface area contributed by atoms with Crippen LogP contribution in [-0.4, -0.2) is 62.8 Å². The molecule has 8 heteroatoms. The third-order valence-corrected chi connectivity index (χ3v) is 11.6. The topological polar surface area (TPSA) is 0 Å². The molecule has 10 rings (SSSR count). The van der Waals surface area contributed by atoms with Crippen LogP contribution in [-0.2, 0) is 0 Å². The zero-order chi connectivity index (χ0) is 38.6. The van der Waals surface area contributed by atoms with Crippen LogP contribution < -0.4 is 43.7 Å². The fraction of sp³-hybridized carbons (Fsp3) is 0. The van der Waals surface area contributed by atoms with Crippen LogP contribution in [0.5, 0.6) is 0 Å². The van der Waals surface area contributed by atoms with Crippen LogP contribution in [0.1, 0.15) is 0 Å². The molecule has 56 heavy (non-hydrogen) atoms.